The van der Waals surface area contributed by atoms with Gasteiger partial charge in [-0.15, -0.1) is 0 Å². The van der Waals surface area contributed by atoms with Crippen LogP contribution in [0.15, 0.2) is 18.2 Å². The van der Waals surface area contributed by atoms with Crippen LogP contribution >= 0.6 is 0 Å². The van der Waals surface area contributed by atoms with E-state index in [0.717, 1.165) is 19.0 Å². The van der Waals surface area contributed by atoms with E-state index in [1.165, 1.54) is 12.1 Å². The van der Waals surface area contributed by atoms with Gasteiger partial charge >= 0.3 is 0 Å². The van der Waals surface area contributed by atoms with Crippen molar-refractivity contribution in [2.24, 2.45) is 0 Å². The summed E-state index contributed by atoms with van der Waals surface area (Å²) in [5, 5.41) is 11.4. The van der Waals surface area contributed by atoms with E-state index in [2.05, 4.69) is 17.2 Å². The van der Waals surface area contributed by atoms with Crippen molar-refractivity contribution in [2.75, 3.05) is 33.8 Å². The molecule has 0 aliphatic carbocycles. The van der Waals surface area contributed by atoms with Gasteiger partial charge in [0.1, 0.15) is 12.4 Å². The van der Waals surface area contributed by atoms with E-state index in [0.29, 0.717) is 12.1 Å². The van der Waals surface area contributed by atoms with Crippen LogP contribution in [0.5, 0.6) is 0 Å². The van der Waals surface area contributed by atoms with Crippen molar-refractivity contribution in [3.05, 3.63) is 35.1 Å². The first-order valence-electron chi connectivity index (χ1n) is 6.37. The topological polar surface area (TPSA) is 52.6 Å². The molecule has 0 aromatic heterocycles. The molecule has 0 radical (unpaired) electrons. The summed E-state index contributed by atoms with van der Waals surface area (Å²) in [7, 11) is 3.91. The number of aliphatic hydroxyl groups is 1. The maximum absolute atomic E-state index is 13.2. The number of carbonyl (C=O) groups excluding carboxylic acids is 1. The van der Waals surface area contributed by atoms with Gasteiger partial charge in [-0.05, 0) is 45.3 Å². The molecule has 0 saturated heterocycles. The minimum absolute atomic E-state index is 0.191. The summed E-state index contributed by atoms with van der Waals surface area (Å²) in [6.07, 6.45) is 0.811. The van der Waals surface area contributed by atoms with E-state index in [9.17, 15) is 9.18 Å². The maximum Gasteiger partial charge on any atom is 0.252 e. The van der Waals surface area contributed by atoms with Crippen molar-refractivity contribution < 1.29 is 14.3 Å². The molecule has 0 saturated carbocycles. The van der Waals surface area contributed by atoms with Gasteiger partial charge in [0.25, 0.3) is 5.91 Å². The molecule has 0 aliphatic rings. The molecule has 1 amide bonds. The van der Waals surface area contributed by atoms with Crippen molar-refractivity contribution in [2.45, 2.75) is 6.42 Å². The Morgan fingerprint density at radius 2 is 2.20 bits per heavy atom. The van der Waals surface area contributed by atoms with Gasteiger partial charge in [-0.1, -0.05) is 11.8 Å². The van der Waals surface area contributed by atoms with E-state index < -0.39 is 5.82 Å². The Bertz CT molecular complexity index is 518. The molecule has 0 atom stereocenters. The third-order valence-corrected chi connectivity index (χ3v) is 2.60. The van der Waals surface area contributed by atoms with Crippen LogP contribution in [-0.2, 0) is 0 Å². The van der Waals surface area contributed by atoms with E-state index >= 15 is 0 Å². The highest BCUT2D eigenvalue weighted by Crippen LogP contribution is 2.10. The van der Waals surface area contributed by atoms with Crippen LogP contribution in [0.4, 0.5) is 4.39 Å². The van der Waals surface area contributed by atoms with E-state index in [-0.39, 0.29) is 18.1 Å². The summed E-state index contributed by atoms with van der Waals surface area (Å²) in [4.78, 5) is 14.0. The van der Waals surface area contributed by atoms with Crippen LogP contribution in [-0.4, -0.2) is 49.7 Å². The van der Waals surface area contributed by atoms with Crippen LogP contribution in [0.3, 0.4) is 0 Å². The molecule has 0 bridgehead atoms. The van der Waals surface area contributed by atoms with E-state index in [1.807, 2.05) is 19.0 Å². The number of carbonyl (C=O) groups is 1. The highest BCUT2D eigenvalue weighted by molar-refractivity contribution is 5.96. The minimum Gasteiger partial charge on any atom is -0.384 e. The van der Waals surface area contributed by atoms with Crippen molar-refractivity contribution in [3.8, 4) is 11.8 Å². The molecular weight excluding hydrogens is 259 g/mol. The van der Waals surface area contributed by atoms with Gasteiger partial charge in [0, 0.05) is 12.1 Å². The average Bonchev–Trinajstić information content (AvgIpc) is 2.41. The SMILES string of the molecule is CN(C)CCCNC(=O)c1cc(F)ccc1C#CCO. The Balaban J connectivity index is 2.73. The fraction of sp³-hybridized carbons (Fsp3) is 0.400. The lowest BCUT2D eigenvalue weighted by molar-refractivity contribution is 0.0951. The summed E-state index contributed by atoms with van der Waals surface area (Å²) in [5.41, 5.74) is 0.598. The molecule has 0 unspecified atom stereocenters. The van der Waals surface area contributed by atoms with E-state index in [1.54, 1.807) is 0 Å². The quantitative estimate of drug-likeness (QED) is 0.620. The summed E-state index contributed by atoms with van der Waals surface area (Å²) in [6.45, 7) is 1.07. The van der Waals surface area contributed by atoms with E-state index in [4.69, 9.17) is 5.11 Å². The molecule has 1 aromatic rings. The molecule has 4 nitrogen and oxygen atoms in total. The second kappa shape index (κ2) is 8.31. The average molecular weight is 278 g/mol. The Kier molecular flexibility index (Phi) is 6.71. The number of benzene rings is 1. The van der Waals surface area contributed by atoms with Gasteiger partial charge in [-0.3, -0.25) is 4.79 Å². The molecule has 0 fully saturated rings. The zero-order valence-electron chi connectivity index (χ0n) is 11.7. The largest absolute Gasteiger partial charge is 0.384 e. The van der Waals surface area contributed by atoms with Crippen LogP contribution in [0, 0.1) is 17.7 Å². The summed E-state index contributed by atoms with van der Waals surface area (Å²) in [6, 6.07) is 3.83. The zero-order valence-corrected chi connectivity index (χ0v) is 11.7. The third-order valence-electron chi connectivity index (χ3n) is 2.60. The predicted molar refractivity (Wildman–Crippen MR) is 75.9 cm³/mol. The fourth-order valence-electron chi connectivity index (χ4n) is 1.64. The minimum atomic E-state index is -0.488. The Morgan fingerprint density at radius 1 is 1.45 bits per heavy atom. The Labute approximate surface area is 118 Å². The van der Waals surface area contributed by atoms with Gasteiger partial charge in [0.2, 0.25) is 0 Å². The normalized spacial score (nSPS) is 10.1. The number of nitrogens with zero attached hydrogens (tertiary/aromatic N) is 1. The van der Waals surface area contributed by atoms with Crippen molar-refractivity contribution in [3.63, 3.8) is 0 Å². The number of hydrogen-bond donors (Lipinski definition) is 2. The molecule has 1 aromatic carbocycles. The number of nitrogens with one attached hydrogen (secondary N) is 1. The highest BCUT2D eigenvalue weighted by Gasteiger charge is 2.11. The Morgan fingerprint density at radius 3 is 2.85 bits per heavy atom. The molecule has 2 N–H and O–H groups in total. The monoisotopic (exact) mass is 278 g/mol. The number of aliphatic hydroxyl groups excluding tert-OH is 1. The smallest absolute Gasteiger partial charge is 0.252 e. The predicted octanol–water partition coefficient (Wildman–Crippen LogP) is 0.851. The second-order valence-corrected chi connectivity index (χ2v) is 4.56. The molecule has 20 heavy (non-hydrogen) atoms. The second-order valence-electron chi connectivity index (χ2n) is 4.56. The summed E-state index contributed by atoms with van der Waals surface area (Å²) >= 11 is 0. The van der Waals surface area contributed by atoms with Gasteiger partial charge in [0.05, 0.1) is 5.56 Å². The van der Waals surface area contributed by atoms with Gasteiger partial charge in [0.15, 0.2) is 0 Å². The number of rotatable bonds is 5. The van der Waals surface area contributed by atoms with Crippen molar-refractivity contribution >= 4 is 5.91 Å². The van der Waals surface area contributed by atoms with Crippen LogP contribution in [0.2, 0.25) is 0 Å². The lowest BCUT2D eigenvalue weighted by Gasteiger charge is -2.10. The fourth-order valence-corrected chi connectivity index (χ4v) is 1.64. The maximum atomic E-state index is 13.2. The van der Waals surface area contributed by atoms with Crippen LogP contribution in [0.25, 0.3) is 0 Å². The first kappa shape index (κ1) is 16.2. The lowest BCUT2D eigenvalue weighted by Crippen LogP contribution is -2.27. The summed E-state index contributed by atoms with van der Waals surface area (Å²) < 4.78 is 13.2. The van der Waals surface area contributed by atoms with Crippen LogP contribution < -0.4 is 5.32 Å². The van der Waals surface area contributed by atoms with Crippen molar-refractivity contribution in [1.29, 1.82) is 0 Å². The Hall–Kier alpha value is -1.90. The number of amides is 1. The van der Waals surface area contributed by atoms with Crippen molar-refractivity contribution in [1.82, 2.24) is 10.2 Å². The molecule has 0 heterocycles. The van der Waals surface area contributed by atoms with Crippen LogP contribution in [0.1, 0.15) is 22.3 Å². The third kappa shape index (κ3) is 5.39. The molecule has 5 heteroatoms. The van der Waals surface area contributed by atoms with Gasteiger partial charge in [-0.2, -0.15) is 0 Å². The standard InChI is InChI=1S/C15H19FN2O2/c1-18(2)9-4-8-17-15(20)14-11-13(16)7-6-12(14)5-3-10-19/h6-7,11,19H,4,8-10H2,1-2H3,(H,17,20). The molecule has 108 valence electrons. The van der Waals surface area contributed by atoms with Gasteiger partial charge < -0.3 is 15.3 Å². The first-order chi connectivity index (χ1) is 9.54. The summed E-state index contributed by atoms with van der Waals surface area (Å²) in [5.74, 6) is 4.26. The first-order valence-corrected chi connectivity index (χ1v) is 6.37. The molecule has 0 spiro atoms. The number of hydrogen-bond acceptors (Lipinski definition) is 3. The highest BCUT2D eigenvalue weighted by atomic mass is 19.1. The zero-order chi connectivity index (χ0) is 15.0. The number of halogens is 1. The lowest BCUT2D eigenvalue weighted by atomic mass is 10.1. The molecular formula is C15H19FN2O2. The van der Waals surface area contributed by atoms with Gasteiger partial charge in [-0.25, -0.2) is 4.39 Å². The molecule has 0 aliphatic heterocycles. The molecule has 1 rings (SSSR count).